The standard InChI is InChI=1S/C19H23ClF2N4O2/c20-14-11-13(6-7-16(14)28-19(21)22)15-12-17(25-24-15)23-18(27)5-4-10-26-8-2-1-3-9-26/h6-7,11-12,19H,1-5,8-10H2,(H2,23,24,25,27). The Morgan fingerprint density at radius 1 is 1.29 bits per heavy atom. The van der Waals surface area contributed by atoms with Crippen LogP contribution in [0.3, 0.4) is 0 Å². The fourth-order valence-electron chi connectivity index (χ4n) is 3.24. The number of ether oxygens (including phenoxy) is 1. The molecule has 1 amide bonds. The molecule has 0 aliphatic carbocycles. The maximum absolute atomic E-state index is 12.3. The number of carbonyl (C=O) groups excluding carboxylic acids is 1. The van der Waals surface area contributed by atoms with Gasteiger partial charge in [0.25, 0.3) is 0 Å². The molecule has 2 N–H and O–H groups in total. The SMILES string of the molecule is O=C(CCCN1CCCCC1)Nc1cc(-c2ccc(OC(F)F)c(Cl)c2)n[nH]1. The van der Waals surface area contributed by atoms with Crippen LogP contribution in [0.5, 0.6) is 5.75 Å². The molecule has 0 saturated carbocycles. The summed E-state index contributed by atoms with van der Waals surface area (Å²) >= 11 is 5.97. The van der Waals surface area contributed by atoms with Crippen molar-refractivity contribution in [1.82, 2.24) is 15.1 Å². The highest BCUT2D eigenvalue weighted by Crippen LogP contribution is 2.31. The fraction of sp³-hybridized carbons (Fsp3) is 0.474. The van der Waals surface area contributed by atoms with E-state index in [1.807, 2.05) is 0 Å². The second-order valence-electron chi connectivity index (χ2n) is 6.74. The summed E-state index contributed by atoms with van der Waals surface area (Å²) in [6, 6.07) is 6.09. The summed E-state index contributed by atoms with van der Waals surface area (Å²) in [5.41, 5.74) is 1.16. The van der Waals surface area contributed by atoms with Crippen LogP contribution in [0, 0.1) is 0 Å². The van der Waals surface area contributed by atoms with Gasteiger partial charge in [0.2, 0.25) is 5.91 Å². The molecule has 1 aromatic heterocycles. The Labute approximate surface area is 167 Å². The van der Waals surface area contributed by atoms with Gasteiger partial charge in [0.15, 0.2) is 0 Å². The number of likely N-dealkylation sites (tertiary alicyclic amines) is 1. The fourth-order valence-corrected chi connectivity index (χ4v) is 3.47. The molecule has 1 aliphatic heterocycles. The van der Waals surface area contributed by atoms with E-state index in [4.69, 9.17) is 11.6 Å². The lowest BCUT2D eigenvalue weighted by atomic mass is 10.1. The van der Waals surface area contributed by atoms with Crippen LogP contribution in [0.1, 0.15) is 32.1 Å². The molecule has 0 atom stereocenters. The summed E-state index contributed by atoms with van der Waals surface area (Å²) in [6.07, 6.45) is 5.03. The van der Waals surface area contributed by atoms with E-state index in [1.165, 1.54) is 31.4 Å². The van der Waals surface area contributed by atoms with E-state index in [1.54, 1.807) is 12.1 Å². The van der Waals surface area contributed by atoms with Gasteiger partial charge < -0.3 is 15.0 Å². The number of H-pyrrole nitrogens is 1. The largest absolute Gasteiger partial charge is 0.433 e. The third-order valence-corrected chi connectivity index (χ3v) is 4.92. The van der Waals surface area contributed by atoms with Gasteiger partial charge in [-0.25, -0.2) is 0 Å². The second-order valence-corrected chi connectivity index (χ2v) is 7.15. The van der Waals surface area contributed by atoms with Gasteiger partial charge in [-0.15, -0.1) is 0 Å². The maximum atomic E-state index is 12.3. The van der Waals surface area contributed by atoms with Crippen LogP contribution >= 0.6 is 11.6 Å². The van der Waals surface area contributed by atoms with Gasteiger partial charge >= 0.3 is 6.61 Å². The number of benzene rings is 1. The van der Waals surface area contributed by atoms with E-state index >= 15 is 0 Å². The summed E-state index contributed by atoms with van der Waals surface area (Å²) in [7, 11) is 0. The topological polar surface area (TPSA) is 70.2 Å². The smallest absolute Gasteiger partial charge is 0.387 e. The van der Waals surface area contributed by atoms with E-state index in [9.17, 15) is 13.6 Å². The number of carbonyl (C=O) groups is 1. The summed E-state index contributed by atoms with van der Waals surface area (Å²) in [5, 5.41) is 9.73. The molecule has 6 nitrogen and oxygen atoms in total. The average Bonchev–Trinajstić information content (AvgIpc) is 3.12. The zero-order valence-electron chi connectivity index (χ0n) is 15.4. The number of anilines is 1. The molecular formula is C19H23ClF2N4O2. The van der Waals surface area contributed by atoms with Gasteiger partial charge in [-0.05, 0) is 57.1 Å². The highest BCUT2D eigenvalue weighted by molar-refractivity contribution is 6.32. The number of hydrogen-bond acceptors (Lipinski definition) is 4. The van der Waals surface area contributed by atoms with Crippen molar-refractivity contribution >= 4 is 23.3 Å². The van der Waals surface area contributed by atoms with Crippen molar-refractivity contribution < 1.29 is 18.3 Å². The lowest BCUT2D eigenvalue weighted by Gasteiger charge is -2.26. The third-order valence-electron chi connectivity index (χ3n) is 4.62. The molecule has 1 fully saturated rings. The third kappa shape index (κ3) is 5.90. The Balaban J connectivity index is 1.50. The number of rotatable bonds is 8. The van der Waals surface area contributed by atoms with Crippen LogP contribution in [-0.2, 0) is 4.79 Å². The molecule has 2 aromatic rings. The van der Waals surface area contributed by atoms with Crippen LogP contribution in [0.4, 0.5) is 14.6 Å². The van der Waals surface area contributed by atoms with Gasteiger partial charge in [-0.1, -0.05) is 18.0 Å². The second kappa shape index (κ2) is 9.84. The minimum Gasteiger partial charge on any atom is -0.433 e. The van der Waals surface area contributed by atoms with Gasteiger partial charge in [0, 0.05) is 18.1 Å². The van der Waals surface area contributed by atoms with Gasteiger partial charge in [-0.2, -0.15) is 13.9 Å². The molecule has 28 heavy (non-hydrogen) atoms. The van der Waals surface area contributed by atoms with Crippen molar-refractivity contribution in [2.24, 2.45) is 0 Å². The molecule has 2 heterocycles. The predicted molar refractivity (Wildman–Crippen MR) is 104 cm³/mol. The number of alkyl halides is 2. The van der Waals surface area contributed by atoms with E-state index < -0.39 is 6.61 Å². The van der Waals surface area contributed by atoms with Crippen LogP contribution in [0.15, 0.2) is 24.3 Å². The quantitative estimate of drug-likeness (QED) is 0.668. The number of nitrogens with one attached hydrogen (secondary N) is 2. The number of hydrogen-bond donors (Lipinski definition) is 2. The first-order valence-electron chi connectivity index (χ1n) is 9.33. The molecule has 3 rings (SSSR count). The van der Waals surface area contributed by atoms with Crippen LogP contribution < -0.4 is 10.1 Å². The monoisotopic (exact) mass is 412 g/mol. The molecule has 152 valence electrons. The van der Waals surface area contributed by atoms with Gasteiger partial charge in [0.05, 0.1) is 10.7 Å². The Hall–Kier alpha value is -2.19. The molecule has 1 saturated heterocycles. The molecule has 1 aromatic carbocycles. The lowest BCUT2D eigenvalue weighted by molar-refractivity contribution is -0.116. The molecule has 1 aliphatic rings. The lowest BCUT2D eigenvalue weighted by Crippen LogP contribution is -2.31. The Morgan fingerprint density at radius 3 is 2.79 bits per heavy atom. The van der Waals surface area contributed by atoms with Gasteiger partial charge in [-0.3, -0.25) is 9.89 Å². The van der Waals surface area contributed by atoms with E-state index in [2.05, 4.69) is 25.2 Å². The molecular weight excluding hydrogens is 390 g/mol. The number of amides is 1. The summed E-state index contributed by atoms with van der Waals surface area (Å²) in [6.45, 7) is 0.239. The molecule has 9 heteroatoms. The molecule has 0 radical (unpaired) electrons. The Bertz CT molecular complexity index is 794. The van der Waals surface area contributed by atoms with E-state index in [-0.39, 0.29) is 16.7 Å². The van der Waals surface area contributed by atoms with Crippen LogP contribution in [0.2, 0.25) is 5.02 Å². The van der Waals surface area contributed by atoms with Crippen LogP contribution in [-0.4, -0.2) is 47.3 Å². The first kappa shape index (κ1) is 20.5. The Kier molecular flexibility index (Phi) is 7.22. The number of halogens is 3. The summed E-state index contributed by atoms with van der Waals surface area (Å²) < 4.78 is 28.9. The average molecular weight is 413 g/mol. The summed E-state index contributed by atoms with van der Waals surface area (Å²) in [4.78, 5) is 14.5. The normalized spacial score (nSPS) is 15.0. The minimum atomic E-state index is -2.94. The number of nitrogens with zero attached hydrogens (tertiary/aromatic N) is 2. The van der Waals surface area contributed by atoms with E-state index in [0.717, 1.165) is 26.1 Å². The van der Waals surface area contributed by atoms with Crippen molar-refractivity contribution in [2.75, 3.05) is 25.0 Å². The first-order chi connectivity index (χ1) is 13.5. The van der Waals surface area contributed by atoms with Crippen molar-refractivity contribution in [2.45, 2.75) is 38.7 Å². The number of aromatic amines is 1. The molecule has 0 unspecified atom stereocenters. The van der Waals surface area contributed by atoms with Crippen molar-refractivity contribution in [3.8, 4) is 17.0 Å². The van der Waals surface area contributed by atoms with Crippen molar-refractivity contribution in [3.05, 3.63) is 29.3 Å². The maximum Gasteiger partial charge on any atom is 0.387 e. The highest BCUT2D eigenvalue weighted by atomic mass is 35.5. The van der Waals surface area contributed by atoms with Crippen molar-refractivity contribution in [3.63, 3.8) is 0 Å². The zero-order valence-corrected chi connectivity index (χ0v) is 16.1. The number of aromatic nitrogens is 2. The minimum absolute atomic E-state index is 0.0594. The van der Waals surface area contributed by atoms with Gasteiger partial charge in [0.1, 0.15) is 11.6 Å². The van der Waals surface area contributed by atoms with E-state index in [0.29, 0.717) is 23.5 Å². The number of piperidine rings is 1. The highest BCUT2D eigenvalue weighted by Gasteiger charge is 2.13. The summed E-state index contributed by atoms with van der Waals surface area (Å²) in [5.74, 6) is 0.297. The Morgan fingerprint density at radius 2 is 2.07 bits per heavy atom. The predicted octanol–water partition coefficient (Wildman–Crippen LogP) is 4.54. The molecule has 0 bridgehead atoms. The van der Waals surface area contributed by atoms with Crippen molar-refractivity contribution in [1.29, 1.82) is 0 Å². The molecule has 0 spiro atoms. The van der Waals surface area contributed by atoms with Crippen LogP contribution in [0.25, 0.3) is 11.3 Å². The first-order valence-corrected chi connectivity index (χ1v) is 9.71. The zero-order chi connectivity index (χ0) is 19.9.